The minimum atomic E-state index is -0.747. The van der Waals surface area contributed by atoms with E-state index in [1.807, 2.05) is 49.4 Å². The van der Waals surface area contributed by atoms with Crippen LogP contribution in [0.4, 0.5) is 0 Å². The molecule has 0 aromatic heterocycles. The lowest BCUT2D eigenvalue weighted by Gasteiger charge is -2.29. The Morgan fingerprint density at radius 2 is 1.45 bits per heavy atom. The first-order valence-corrected chi connectivity index (χ1v) is 6.65. The lowest BCUT2D eigenvalue weighted by Crippen LogP contribution is -2.35. The van der Waals surface area contributed by atoms with Crippen molar-refractivity contribution in [3.8, 4) is 11.5 Å². The SMILES string of the molecule is COc1cccc(OC)c1C(C)(N)c1ccc(Cl)cc1. The van der Waals surface area contributed by atoms with Crippen molar-refractivity contribution < 1.29 is 9.47 Å². The van der Waals surface area contributed by atoms with Gasteiger partial charge in [-0.3, -0.25) is 0 Å². The van der Waals surface area contributed by atoms with E-state index in [-0.39, 0.29) is 0 Å². The topological polar surface area (TPSA) is 44.5 Å². The number of hydrogen-bond donors (Lipinski definition) is 1. The van der Waals surface area contributed by atoms with Gasteiger partial charge in [0, 0.05) is 5.02 Å². The number of halogens is 1. The largest absolute Gasteiger partial charge is 0.496 e. The summed E-state index contributed by atoms with van der Waals surface area (Å²) in [5.41, 5.74) is 7.56. The molecule has 0 aliphatic rings. The second-order valence-electron chi connectivity index (χ2n) is 4.75. The van der Waals surface area contributed by atoms with Crippen LogP contribution < -0.4 is 15.2 Å². The number of ether oxygens (including phenoxy) is 2. The third kappa shape index (κ3) is 2.60. The lowest BCUT2D eigenvalue weighted by molar-refractivity contribution is 0.369. The van der Waals surface area contributed by atoms with Crippen molar-refractivity contribution in [2.75, 3.05) is 14.2 Å². The van der Waals surface area contributed by atoms with Gasteiger partial charge in [-0.05, 0) is 36.8 Å². The van der Waals surface area contributed by atoms with Crippen LogP contribution in [-0.4, -0.2) is 14.2 Å². The summed E-state index contributed by atoms with van der Waals surface area (Å²) >= 11 is 5.93. The molecule has 2 rings (SSSR count). The fourth-order valence-electron chi connectivity index (χ4n) is 2.30. The smallest absolute Gasteiger partial charge is 0.127 e. The molecule has 2 N–H and O–H groups in total. The molecule has 0 fully saturated rings. The van der Waals surface area contributed by atoms with E-state index >= 15 is 0 Å². The van der Waals surface area contributed by atoms with Gasteiger partial charge in [-0.1, -0.05) is 29.8 Å². The zero-order chi connectivity index (χ0) is 14.8. The summed E-state index contributed by atoms with van der Waals surface area (Å²) in [5, 5.41) is 0.677. The van der Waals surface area contributed by atoms with Crippen LogP contribution in [0.25, 0.3) is 0 Å². The van der Waals surface area contributed by atoms with Crippen molar-refractivity contribution in [1.82, 2.24) is 0 Å². The lowest BCUT2D eigenvalue weighted by atomic mass is 9.84. The molecule has 106 valence electrons. The van der Waals surface area contributed by atoms with Crippen molar-refractivity contribution in [2.45, 2.75) is 12.5 Å². The standard InChI is InChI=1S/C16H18ClNO2/c1-16(18,11-7-9-12(17)10-8-11)15-13(19-2)5-4-6-14(15)20-3/h4-10H,18H2,1-3H3. The highest BCUT2D eigenvalue weighted by Gasteiger charge is 2.30. The van der Waals surface area contributed by atoms with Crippen molar-refractivity contribution in [3.05, 3.63) is 58.6 Å². The summed E-state index contributed by atoms with van der Waals surface area (Å²) < 4.78 is 10.9. The van der Waals surface area contributed by atoms with Gasteiger partial charge in [-0.15, -0.1) is 0 Å². The maximum Gasteiger partial charge on any atom is 0.127 e. The minimum absolute atomic E-state index is 0.677. The summed E-state index contributed by atoms with van der Waals surface area (Å²) in [6.07, 6.45) is 0. The molecule has 0 aliphatic carbocycles. The highest BCUT2D eigenvalue weighted by atomic mass is 35.5. The highest BCUT2D eigenvalue weighted by molar-refractivity contribution is 6.30. The molecule has 4 heteroatoms. The molecule has 0 aliphatic heterocycles. The Kier molecular flexibility index (Phi) is 4.21. The molecule has 0 saturated heterocycles. The summed E-state index contributed by atoms with van der Waals surface area (Å²) in [7, 11) is 3.24. The van der Waals surface area contributed by atoms with Gasteiger partial charge >= 0.3 is 0 Å². The molecule has 1 unspecified atom stereocenters. The molecular weight excluding hydrogens is 274 g/mol. The van der Waals surface area contributed by atoms with Gasteiger partial charge in [0.25, 0.3) is 0 Å². The summed E-state index contributed by atoms with van der Waals surface area (Å²) in [6.45, 7) is 1.93. The van der Waals surface area contributed by atoms with Crippen LogP contribution in [-0.2, 0) is 5.54 Å². The van der Waals surface area contributed by atoms with Gasteiger partial charge < -0.3 is 15.2 Å². The second kappa shape index (κ2) is 5.73. The average Bonchev–Trinajstić information content (AvgIpc) is 2.46. The van der Waals surface area contributed by atoms with Crippen molar-refractivity contribution in [1.29, 1.82) is 0 Å². The maximum absolute atomic E-state index is 6.56. The molecule has 1 atom stereocenters. The van der Waals surface area contributed by atoms with E-state index in [9.17, 15) is 0 Å². The van der Waals surface area contributed by atoms with E-state index in [0.717, 1.165) is 11.1 Å². The van der Waals surface area contributed by atoms with Crippen LogP contribution in [0.15, 0.2) is 42.5 Å². The van der Waals surface area contributed by atoms with E-state index in [4.69, 9.17) is 26.8 Å². The number of benzene rings is 2. The van der Waals surface area contributed by atoms with Crippen LogP contribution in [0, 0.1) is 0 Å². The molecule has 2 aromatic rings. The zero-order valence-corrected chi connectivity index (χ0v) is 12.6. The fourth-order valence-corrected chi connectivity index (χ4v) is 2.43. The third-order valence-corrected chi connectivity index (χ3v) is 3.64. The number of rotatable bonds is 4. The predicted octanol–water partition coefficient (Wildman–Crippen LogP) is 3.58. The number of hydrogen-bond acceptors (Lipinski definition) is 3. The molecule has 0 radical (unpaired) electrons. The molecule has 0 bridgehead atoms. The average molecular weight is 292 g/mol. The number of nitrogens with two attached hydrogens (primary N) is 1. The Bertz CT molecular complexity index is 572. The van der Waals surface area contributed by atoms with E-state index < -0.39 is 5.54 Å². The molecule has 0 spiro atoms. The van der Waals surface area contributed by atoms with Crippen LogP contribution in [0.5, 0.6) is 11.5 Å². The first-order valence-electron chi connectivity index (χ1n) is 6.27. The second-order valence-corrected chi connectivity index (χ2v) is 5.18. The van der Waals surface area contributed by atoms with Gasteiger partial charge in [0.05, 0.1) is 25.3 Å². The monoisotopic (exact) mass is 291 g/mol. The summed E-state index contributed by atoms with van der Waals surface area (Å²) in [4.78, 5) is 0. The molecular formula is C16H18ClNO2. The Labute approximate surface area is 124 Å². The molecule has 0 amide bonds. The molecule has 0 heterocycles. The van der Waals surface area contributed by atoms with Crippen molar-refractivity contribution in [2.24, 2.45) is 5.73 Å². The van der Waals surface area contributed by atoms with Gasteiger partial charge in [0.2, 0.25) is 0 Å². The van der Waals surface area contributed by atoms with Crippen molar-refractivity contribution in [3.63, 3.8) is 0 Å². The quantitative estimate of drug-likeness (QED) is 0.936. The van der Waals surface area contributed by atoms with Gasteiger partial charge in [0.1, 0.15) is 11.5 Å². The van der Waals surface area contributed by atoms with Gasteiger partial charge in [-0.2, -0.15) is 0 Å². The zero-order valence-electron chi connectivity index (χ0n) is 11.8. The first kappa shape index (κ1) is 14.7. The van der Waals surface area contributed by atoms with E-state index in [2.05, 4.69) is 0 Å². The Morgan fingerprint density at radius 1 is 0.950 bits per heavy atom. The van der Waals surface area contributed by atoms with Crippen LogP contribution >= 0.6 is 11.6 Å². The van der Waals surface area contributed by atoms with E-state index in [1.54, 1.807) is 14.2 Å². The molecule has 0 saturated carbocycles. The van der Waals surface area contributed by atoms with Gasteiger partial charge in [-0.25, -0.2) is 0 Å². The summed E-state index contributed by atoms with van der Waals surface area (Å²) in [5.74, 6) is 1.40. The minimum Gasteiger partial charge on any atom is -0.496 e. The fraction of sp³-hybridized carbons (Fsp3) is 0.250. The highest BCUT2D eigenvalue weighted by Crippen LogP contribution is 2.40. The van der Waals surface area contributed by atoms with Crippen LogP contribution in [0.3, 0.4) is 0 Å². The van der Waals surface area contributed by atoms with Crippen LogP contribution in [0.2, 0.25) is 5.02 Å². The Balaban J connectivity index is 2.61. The first-order chi connectivity index (χ1) is 9.50. The number of methoxy groups -OCH3 is 2. The Morgan fingerprint density at radius 3 is 1.90 bits per heavy atom. The summed E-state index contributed by atoms with van der Waals surface area (Å²) in [6, 6.07) is 13.1. The van der Waals surface area contributed by atoms with E-state index in [1.165, 1.54) is 0 Å². The van der Waals surface area contributed by atoms with Crippen molar-refractivity contribution >= 4 is 11.6 Å². The maximum atomic E-state index is 6.56. The normalized spacial score (nSPS) is 13.7. The molecule has 20 heavy (non-hydrogen) atoms. The Hall–Kier alpha value is -1.71. The van der Waals surface area contributed by atoms with Gasteiger partial charge in [0.15, 0.2) is 0 Å². The van der Waals surface area contributed by atoms with E-state index in [0.29, 0.717) is 16.5 Å². The third-order valence-electron chi connectivity index (χ3n) is 3.39. The molecule has 3 nitrogen and oxygen atoms in total. The predicted molar refractivity (Wildman–Crippen MR) is 81.6 cm³/mol. The van der Waals surface area contributed by atoms with Crippen LogP contribution in [0.1, 0.15) is 18.1 Å². The molecule has 2 aromatic carbocycles.